The number of piperidine rings is 1. The van der Waals surface area contributed by atoms with Crippen molar-refractivity contribution >= 4 is 0 Å². The van der Waals surface area contributed by atoms with Crippen LogP contribution in [0.2, 0.25) is 0 Å². The van der Waals surface area contributed by atoms with Crippen LogP contribution in [0.15, 0.2) is 12.2 Å². The molecule has 1 aliphatic heterocycles. The Morgan fingerprint density at radius 2 is 2.21 bits per heavy atom. The number of nitrogens with two attached hydrogens (primary N) is 1. The van der Waals surface area contributed by atoms with Gasteiger partial charge in [0.15, 0.2) is 0 Å². The first-order valence-electron chi connectivity index (χ1n) is 5.97. The quantitative estimate of drug-likeness (QED) is 0.683. The third-order valence-electron chi connectivity index (χ3n) is 3.06. The maximum Gasteiger partial charge on any atom is 0.0130 e. The molecule has 2 nitrogen and oxygen atoms in total. The van der Waals surface area contributed by atoms with Crippen molar-refractivity contribution in [3.05, 3.63) is 12.2 Å². The molecule has 0 bridgehead atoms. The summed E-state index contributed by atoms with van der Waals surface area (Å²) in [7, 11) is 0. The Balaban J connectivity index is 2.26. The molecule has 0 aromatic carbocycles. The van der Waals surface area contributed by atoms with Crippen molar-refractivity contribution in [1.82, 2.24) is 4.90 Å². The van der Waals surface area contributed by atoms with Gasteiger partial charge in [0.25, 0.3) is 0 Å². The van der Waals surface area contributed by atoms with Gasteiger partial charge in [-0.3, -0.25) is 0 Å². The van der Waals surface area contributed by atoms with Gasteiger partial charge >= 0.3 is 0 Å². The van der Waals surface area contributed by atoms with Gasteiger partial charge in [0.2, 0.25) is 0 Å². The van der Waals surface area contributed by atoms with E-state index in [-0.39, 0.29) is 0 Å². The van der Waals surface area contributed by atoms with Gasteiger partial charge in [0, 0.05) is 6.04 Å². The summed E-state index contributed by atoms with van der Waals surface area (Å²) in [6.45, 7) is 5.54. The van der Waals surface area contributed by atoms with E-state index in [0.29, 0.717) is 0 Å². The molecule has 2 heteroatoms. The first-order chi connectivity index (χ1) is 6.88. The second kappa shape index (κ2) is 7.02. The normalized spacial score (nSPS) is 24.6. The maximum absolute atomic E-state index is 5.44. The molecule has 1 heterocycles. The molecule has 0 saturated carbocycles. The van der Waals surface area contributed by atoms with E-state index in [1.54, 1.807) is 0 Å². The van der Waals surface area contributed by atoms with E-state index < -0.39 is 0 Å². The lowest BCUT2D eigenvalue weighted by Crippen LogP contribution is -2.38. The second-order valence-electron chi connectivity index (χ2n) is 4.06. The van der Waals surface area contributed by atoms with Crippen molar-refractivity contribution < 1.29 is 0 Å². The van der Waals surface area contributed by atoms with Crippen molar-refractivity contribution in [3.8, 4) is 0 Å². The Labute approximate surface area is 88.2 Å². The largest absolute Gasteiger partial charge is 0.330 e. The molecule has 0 aromatic heterocycles. The van der Waals surface area contributed by atoms with Crippen LogP contribution in [0.3, 0.4) is 0 Å². The lowest BCUT2D eigenvalue weighted by atomic mass is 9.99. The van der Waals surface area contributed by atoms with Gasteiger partial charge in [-0.05, 0) is 45.3 Å². The molecule has 0 amide bonds. The first kappa shape index (κ1) is 11.7. The number of hydrogen-bond donors (Lipinski definition) is 1. The summed E-state index contributed by atoms with van der Waals surface area (Å²) in [5.74, 6) is 0. The van der Waals surface area contributed by atoms with Crippen molar-refractivity contribution in [2.24, 2.45) is 5.73 Å². The third-order valence-corrected chi connectivity index (χ3v) is 3.06. The minimum atomic E-state index is 0.776. The summed E-state index contributed by atoms with van der Waals surface area (Å²) < 4.78 is 0. The van der Waals surface area contributed by atoms with Crippen molar-refractivity contribution in [2.75, 3.05) is 19.6 Å². The molecule has 1 atom stereocenters. The van der Waals surface area contributed by atoms with Crippen LogP contribution in [-0.2, 0) is 0 Å². The van der Waals surface area contributed by atoms with Crippen molar-refractivity contribution in [2.45, 2.75) is 45.1 Å². The van der Waals surface area contributed by atoms with Crippen LogP contribution < -0.4 is 5.73 Å². The Morgan fingerprint density at radius 1 is 1.36 bits per heavy atom. The highest BCUT2D eigenvalue weighted by Crippen LogP contribution is 2.19. The van der Waals surface area contributed by atoms with Crippen LogP contribution in [0.25, 0.3) is 0 Å². The summed E-state index contributed by atoms with van der Waals surface area (Å²) in [4.78, 5) is 2.61. The number of hydrogen-bond acceptors (Lipinski definition) is 2. The summed E-state index contributed by atoms with van der Waals surface area (Å²) in [6, 6.07) is 0.794. The van der Waals surface area contributed by atoms with Crippen LogP contribution in [0, 0.1) is 0 Å². The molecule has 1 rings (SSSR count). The van der Waals surface area contributed by atoms with E-state index in [1.807, 2.05) is 0 Å². The molecule has 1 fully saturated rings. The van der Waals surface area contributed by atoms with Gasteiger partial charge in [-0.1, -0.05) is 25.5 Å². The molecule has 1 saturated heterocycles. The highest BCUT2D eigenvalue weighted by molar-refractivity contribution is 4.88. The van der Waals surface area contributed by atoms with E-state index >= 15 is 0 Å². The highest BCUT2D eigenvalue weighted by atomic mass is 15.2. The number of rotatable bonds is 5. The molecule has 82 valence electrons. The fourth-order valence-electron chi connectivity index (χ4n) is 2.21. The molecule has 0 aromatic rings. The van der Waals surface area contributed by atoms with Gasteiger partial charge in [0.05, 0.1) is 0 Å². The summed E-state index contributed by atoms with van der Waals surface area (Å²) in [5.41, 5.74) is 5.44. The predicted octanol–water partition coefficient (Wildman–Crippen LogP) is 2.16. The standard InChI is InChI=1S/C12H24N2/c1-2-14-11-7-5-9-12(14)8-4-3-6-10-13/h3-4,12H,2,5-11,13H2,1H3/b4-3-. The average molecular weight is 196 g/mol. The van der Waals surface area contributed by atoms with E-state index in [9.17, 15) is 0 Å². The van der Waals surface area contributed by atoms with Gasteiger partial charge in [-0.2, -0.15) is 0 Å². The lowest BCUT2D eigenvalue weighted by molar-refractivity contribution is 0.157. The molecular formula is C12H24N2. The van der Waals surface area contributed by atoms with Crippen LogP contribution in [0.1, 0.15) is 39.0 Å². The van der Waals surface area contributed by atoms with E-state index in [1.165, 1.54) is 38.8 Å². The maximum atomic E-state index is 5.44. The first-order valence-corrected chi connectivity index (χ1v) is 5.97. The zero-order valence-corrected chi connectivity index (χ0v) is 9.41. The topological polar surface area (TPSA) is 29.3 Å². The average Bonchev–Trinajstić information content (AvgIpc) is 2.25. The van der Waals surface area contributed by atoms with Gasteiger partial charge in [-0.25, -0.2) is 0 Å². The Bertz CT molecular complexity index is 166. The Kier molecular flexibility index (Phi) is 5.88. The summed E-state index contributed by atoms with van der Waals surface area (Å²) >= 11 is 0. The molecule has 0 aliphatic carbocycles. The van der Waals surface area contributed by atoms with Crippen molar-refractivity contribution in [3.63, 3.8) is 0 Å². The van der Waals surface area contributed by atoms with E-state index in [2.05, 4.69) is 24.0 Å². The minimum absolute atomic E-state index is 0.776. The van der Waals surface area contributed by atoms with Gasteiger partial charge in [0.1, 0.15) is 0 Å². The molecule has 1 aliphatic rings. The second-order valence-corrected chi connectivity index (χ2v) is 4.06. The molecule has 2 N–H and O–H groups in total. The van der Waals surface area contributed by atoms with Gasteiger partial charge < -0.3 is 10.6 Å². The lowest BCUT2D eigenvalue weighted by Gasteiger charge is -2.34. The number of nitrogens with zero attached hydrogens (tertiary/aromatic N) is 1. The van der Waals surface area contributed by atoms with E-state index in [0.717, 1.165) is 19.0 Å². The third kappa shape index (κ3) is 3.81. The highest BCUT2D eigenvalue weighted by Gasteiger charge is 2.18. The molecular weight excluding hydrogens is 172 g/mol. The van der Waals surface area contributed by atoms with Crippen LogP contribution in [-0.4, -0.2) is 30.6 Å². The van der Waals surface area contributed by atoms with Gasteiger partial charge in [-0.15, -0.1) is 0 Å². The van der Waals surface area contributed by atoms with Crippen LogP contribution >= 0.6 is 0 Å². The zero-order chi connectivity index (χ0) is 10.2. The fraction of sp³-hybridized carbons (Fsp3) is 0.833. The van der Waals surface area contributed by atoms with Crippen LogP contribution in [0.5, 0.6) is 0 Å². The smallest absolute Gasteiger partial charge is 0.0130 e. The molecule has 14 heavy (non-hydrogen) atoms. The zero-order valence-electron chi connectivity index (χ0n) is 9.41. The molecule has 0 radical (unpaired) electrons. The van der Waals surface area contributed by atoms with Crippen molar-refractivity contribution in [1.29, 1.82) is 0 Å². The Morgan fingerprint density at radius 3 is 2.93 bits per heavy atom. The van der Waals surface area contributed by atoms with Crippen LogP contribution in [0.4, 0.5) is 0 Å². The minimum Gasteiger partial charge on any atom is -0.330 e. The predicted molar refractivity (Wildman–Crippen MR) is 62.3 cm³/mol. The summed E-state index contributed by atoms with van der Waals surface area (Å²) in [6.07, 6.45) is 10.9. The molecule has 1 unspecified atom stereocenters. The number of likely N-dealkylation sites (tertiary alicyclic amines) is 1. The summed E-state index contributed by atoms with van der Waals surface area (Å²) in [5, 5.41) is 0. The van der Waals surface area contributed by atoms with E-state index in [4.69, 9.17) is 5.73 Å². The Hall–Kier alpha value is -0.340. The monoisotopic (exact) mass is 196 g/mol. The SMILES string of the molecule is CCN1CCCCC1C/C=C\CCN. The fourth-order valence-corrected chi connectivity index (χ4v) is 2.21. The molecule has 0 spiro atoms.